The van der Waals surface area contributed by atoms with Crippen LogP contribution in [-0.4, -0.2) is 0 Å². The van der Waals surface area contributed by atoms with Crippen molar-refractivity contribution in [3.05, 3.63) is 48.0 Å². The molecule has 0 aromatic heterocycles. The molecule has 0 N–H and O–H groups in total. The SMILES string of the molecule is CC=CCCCc1ccccc1. The highest BCUT2D eigenvalue weighted by molar-refractivity contribution is 5.14. The highest BCUT2D eigenvalue weighted by Gasteiger charge is 1.88. The molecule has 64 valence electrons. The average molecular weight is 160 g/mol. The molecule has 0 bridgehead atoms. The van der Waals surface area contributed by atoms with Crippen LogP contribution in [0.2, 0.25) is 0 Å². The minimum absolute atomic E-state index is 1.20. The van der Waals surface area contributed by atoms with Crippen molar-refractivity contribution < 1.29 is 0 Å². The van der Waals surface area contributed by atoms with Gasteiger partial charge < -0.3 is 0 Å². The van der Waals surface area contributed by atoms with Gasteiger partial charge in [-0.3, -0.25) is 0 Å². The number of hydrogen-bond acceptors (Lipinski definition) is 0. The minimum Gasteiger partial charge on any atom is -0.0917 e. The van der Waals surface area contributed by atoms with Gasteiger partial charge in [0, 0.05) is 0 Å². The molecular weight excluding hydrogens is 144 g/mol. The van der Waals surface area contributed by atoms with Crippen molar-refractivity contribution in [2.24, 2.45) is 0 Å². The molecule has 0 amide bonds. The lowest BCUT2D eigenvalue weighted by Crippen LogP contribution is -1.82. The summed E-state index contributed by atoms with van der Waals surface area (Å²) in [5.74, 6) is 0. The minimum atomic E-state index is 1.20. The summed E-state index contributed by atoms with van der Waals surface area (Å²) in [6, 6.07) is 10.6. The lowest BCUT2D eigenvalue weighted by molar-refractivity contribution is 0.842. The van der Waals surface area contributed by atoms with Gasteiger partial charge in [-0.15, -0.1) is 0 Å². The van der Waals surface area contributed by atoms with Gasteiger partial charge in [-0.1, -0.05) is 42.5 Å². The Morgan fingerprint density at radius 1 is 1.17 bits per heavy atom. The van der Waals surface area contributed by atoms with Crippen molar-refractivity contribution >= 4 is 0 Å². The van der Waals surface area contributed by atoms with E-state index in [0.29, 0.717) is 0 Å². The van der Waals surface area contributed by atoms with Crippen LogP contribution in [0.5, 0.6) is 0 Å². The Morgan fingerprint density at radius 2 is 1.92 bits per heavy atom. The molecule has 0 saturated heterocycles. The summed E-state index contributed by atoms with van der Waals surface area (Å²) in [5.41, 5.74) is 1.45. The molecule has 0 heteroatoms. The lowest BCUT2D eigenvalue weighted by atomic mass is 10.1. The van der Waals surface area contributed by atoms with Gasteiger partial charge in [0.25, 0.3) is 0 Å². The molecule has 0 unspecified atom stereocenters. The summed E-state index contributed by atoms with van der Waals surface area (Å²) in [5, 5.41) is 0. The third-order valence-corrected chi connectivity index (χ3v) is 1.91. The van der Waals surface area contributed by atoms with E-state index in [0.717, 1.165) is 0 Å². The van der Waals surface area contributed by atoms with Gasteiger partial charge in [-0.2, -0.15) is 0 Å². The van der Waals surface area contributed by atoms with Gasteiger partial charge in [-0.05, 0) is 31.7 Å². The number of aryl methyl sites for hydroxylation is 1. The molecule has 0 radical (unpaired) electrons. The summed E-state index contributed by atoms with van der Waals surface area (Å²) in [4.78, 5) is 0. The standard InChI is InChI=1S/C12H16/c1-2-3-4-6-9-12-10-7-5-8-11-12/h2-3,5,7-8,10-11H,4,6,9H2,1H3. The third-order valence-electron chi connectivity index (χ3n) is 1.91. The van der Waals surface area contributed by atoms with Crippen LogP contribution in [0, 0.1) is 0 Å². The Balaban J connectivity index is 2.24. The van der Waals surface area contributed by atoms with E-state index >= 15 is 0 Å². The Labute approximate surface area is 74.9 Å². The van der Waals surface area contributed by atoms with Gasteiger partial charge in [-0.25, -0.2) is 0 Å². The maximum Gasteiger partial charge on any atom is -0.0276 e. The molecule has 0 aliphatic rings. The van der Waals surface area contributed by atoms with Crippen molar-refractivity contribution in [3.8, 4) is 0 Å². The fraction of sp³-hybridized carbons (Fsp3) is 0.333. The zero-order valence-electron chi connectivity index (χ0n) is 7.66. The maximum atomic E-state index is 2.23. The van der Waals surface area contributed by atoms with Crippen LogP contribution in [0.15, 0.2) is 42.5 Å². The Hall–Kier alpha value is -1.04. The smallest absolute Gasteiger partial charge is 0.0276 e. The van der Waals surface area contributed by atoms with Crippen LogP contribution in [0.4, 0.5) is 0 Å². The fourth-order valence-corrected chi connectivity index (χ4v) is 1.24. The van der Waals surface area contributed by atoms with Crippen LogP contribution in [0.25, 0.3) is 0 Å². The first-order valence-electron chi connectivity index (χ1n) is 4.58. The van der Waals surface area contributed by atoms with Crippen molar-refractivity contribution in [3.63, 3.8) is 0 Å². The third kappa shape index (κ3) is 3.38. The van der Waals surface area contributed by atoms with E-state index in [1.165, 1.54) is 24.8 Å². The predicted molar refractivity (Wildman–Crippen MR) is 54.2 cm³/mol. The van der Waals surface area contributed by atoms with Gasteiger partial charge in [0.2, 0.25) is 0 Å². The van der Waals surface area contributed by atoms with Crippen LogP contribution in [-0.2, 0) is 6.42 Å². The van der Waals surface area contributed by atoms with Crippen molar-refractivity contribution in [1.82, 2.24) is 0 Å². The largest absolute Gasteiger partial charge is 0.0917 e. The quantitative estimate of drug-likeness (QED) is 0.466. The average Bonchev–Trinajstić information content (AvgIpc) is 2.14. The van der Waals surface area contributed by atoms with Gasteiger partial charge in [0.05, 0.1) is 0 Å². The molecule has 0 nitrogen and oxygen atoms in total. The molecule has 0 aliphatic heterocycles. The molecule has 0 fully saturated rings. The van der Waals surface area contributed by atoms with Crippen LogP contribution in [0.1, 0.15) is 25.3 Å². The van der Waals surface area contributed by atoms with E-state index < -0.39 is 0 Å². The zero-order chi connectivity index (χ0) is 8.65. The first-order chi connectivity index (χ1) is 5.93. The number of rotatable bonds is 4. The molecule has 1 aromatic rings. The monoisotopic (exact) mass is 160 g/mol. The van der Waals surface area contributed by atoms with Crippen molar-refractivity contribution in [1.29, 1.82) is 0 Å². The van der Waals surface area contributed by atoms with E-state index in [1.54, 1.807) is 0 Å². The first-order valence-corrected chi connectivity index (χ1v) is 4.58. The molecule has 1 rings (SSSR count). The predicted octanol–water partition coefficient (Wildman–Crippen LogP) is 3.59. The lowest BCUT2D eigenvalue weighted by Gasteiger charge is -1.97. The van der Waals surface area contributed by atoms with Crippen LogP contribution >= 0.6 is 0 Å². The van der Waals surface area contributed by atoms with E-state index in [2.05, 4.69) is 49.4 Å². The number of allylic oxidation sites excluding steroid dienone is 2. The summed E-state index contributed by atoms with van der Waals surface area (Å²) < 4.78 is 0. The van der Waals surface area contributed by atoms with Crippen molar-refractivity contribution in [2.45, 2.75) is 26.2 Å². The second-order valence-corrected chi connectivity index (χ2v) is 2.95. The number of unbranched alkanes of at least 4 members (excludes halogenated alkanes) is 1. The molecule has 0 saturated carbocycles. The van der Waals surface area contributed by atoms with Crippen LogP contribution < -0.4 is 0 Å². The van der Waals surface area contributed by atoms with E-state index in [9.17, 15) is 0 Å². The summed E-state index contributed by atoms with van der Waals surface area (Å²) in [6.45, 7) is 2.07. The van der Waals surface area contributed by atoms with Gasteiger partial charge in [0.1, 0.15) is 0 Å². The highest BCUT2D eigenvalue weighted by Crippen LogP contribution is 2.04. The Morgan fingerprint density at radius 3 is 2.58 bits per heavy atom. The number of hydrogen-bond donors (Lipinski definition) is 0. The maximum absolute atomic E-state index is 2.23. The first kappa shape index (κ1) is 9.05. The molecule has 1 aromatic carbocycles. The second kappa shape index (κ2) is 5.59. The topological polar surface area (TPSA) is 0 Å². The normalized spacial score (nSPS) is 10.8. The van der Waals surface area contributed by atoms with E-state index in [4.69, 9.17) is 0 Å². The molecule has 0 aliphatic carbocycles. The van der Waals surface area contributed by atoms with E-state index in [1.807, 2.05) is 0 Å². The summed E-state index contributed by atoms with van der Waals surface area (Å²) in [7, 11) is 0. The molecular formula is C12H16. The molecule has 0 spiro atoms. The van der Waals surface area contributed by atoms with Gasteiger partial charge >= 0.3 is 0 Å². The molecule has 12 heavy (non-hydrogen) atoms. The van der Waals surface area contributed by atoms with Crippen LogP contribution in [0.3, 0.4) is 0 Å². The van der Waals surface area contributed by atoms with E-state index in [-0.39, 0.29) is 0 Å². The Bertz CT molecular complexity index is 221. The molecule has 0 atom stereocenters. The second-order valence-electron chi connectivity index (χ2n) is 2.95. The molecule has 0 heterocycles. The van der Waals surface area contributed by atoms with Gasteiger partial charge in [0.15, 0.2) is 0 Å². The Kier molecular flexibility index (Phi) is 4.22. The summed E-state index contributed by atoms with van der Waals surface area (Å²) in [6.07, 6.45) is 8.00. The fourth-order valence-electron chi connectivity index (χ4n) is 1.24. The highest BCUT2D eigenvalue weighted by atomic mass is 13.9. The van der Waals surface area contributed by atoms with Crippen molar-refractivity contribution in [2.75, 3.05) is 0 Å². The zero-order valence-corrected chi connectivity index (χ0v) is 7.66. The summed E-state index contributed by atoms with van der Waals surface area (Å²) >= 11 is 0. The number of benzene rings is 1.